The molecule has 1 N–H and O–H groups in total. The number of nitrogens with zero attached hydrogens (tertiary/aromatic N) is 2. The van der Waals surface area contributed by atoms with Crippen molar-refractivity contribution in [2.45, 2.75) is 26.0 Å². The van der Waals surface area contributed by atoms with Crippen LogP contribution in [0.2, 0.25) is 0 Å². The van der Waals surface area contributed by atoms with E-state index in [9.17, 15) is 5.11 Å². The minimum absolute atomic E-state index is 0.543. The number of aliphatic hydroxyl groups is 1. The van der Waals surface area contributed by atoms with Gasteiger partial charge >= 0.3 is 0 Å². The van der Waals surface area contributed by atoms with E-state index in [2.05, 4.69) is 43.9 Å². The molecule has 0 aliphatic carbocycles. The number of rotatable bonds is 4. The highest BCUT2D eigenvalue weighted by atomic mass is 79.9. The van der Waals surface area contributed by atoms with Crippen molar-refractivity contribution in [2.75, 3.05) is 0 Å². The van der Waals surface area contributed by atoms with Crippen LogP contribution in [0.1, 0.15) is 30.7 Å². The van der Waals surface area contributed by atoms with E-state index in [1.807, 2.05) is 0 Å². The Labute approximate surface area is 116 Å². The van der Waals surface area contributed by atoms with Gasteiger partial charge in [-0.05, 0) is 44.3 Å². The summed E-state index contributed by atoms with van der Waals surface area (Å²) >= 11 is 6.68. The fourth-order valence-corrected chi connectivity index (χ4v) is 2.65. The minimum atomic E-state index is -0.758. The van der Waals surface area contributed by atoms with Gasteiger partial charge in [-0.2, -0.15) is 5.10 Å². The van der Waals surface area contributed by atoms with Gasteiger partial charge < -0.3 is 9.52 Å². The van der Waals surface area contributed by atoms with Gasteiger partial charge in [0.05, 0.1) is 22.6 Å². The normalized spacial score (nSPS) is 12.9. The van der Waals surface area contributed by atoms with E-state index in [-0.39, 0.29) is 0 Å². The Morgan fingerprint density at radius 3 is 2.88 bits per heavy atom. The van der Waals surface area contributed by atoms with Gasteiger partial charge in [0.15, 0.2) is 4.67 Å². The fraction of sp³-hybridized carbons (Fsp3) is 0.364. The zero-order valence-electron chi connectivity index (χ0n) is 9.23. The molecule has 0 radical (unpaired) electrons. The molecule has 0 saturated carbocycles. The number of halogens is 2. The monoisotopic (exact) mass is 362 g/mol. The average molecular weight is 364 g/mol. The molecule has 2 heterocycles. The molecule has 2 aromatic rings. The molecule has 6 heteroatoms. The van der Waals surface area contributed by atoms with Gasteiger partial charge in [0.2, 0.25) is 0 Å². The maximum Gasteiger partial charge on any atom is 0.175 e. The van der Waals surface area contributed by atoms with Crippen LogP contribution < -0.4 is 0 Å². The summed E-state index contributed by atoms with van der Waals surface area (Å²) in [6, 6.07) is 1.74. The van der Waals surface area contributed by atoms with Crippen molar-refractivity contribution in [3.05, 3.63) is 38.9 Å². The Morgan fingerprint density at radius 2 is 2.29 bits per heavy atom. The van der Waals surface area contributed by atoms with Crippen LogP contribution in [0.15, 0.2) is 32.1 Å². The lowest BCUT2D eigenvalue weighted by Crippen LogP contribution is -2.10. The van der Waals surface area contributed by atoms with Gasteiger partial charge in [0.1, 0.15) is 6.10 Å². The fourth-order valence-electron chi connectivity index (χ4n) is 1.68. The highest BCUT2D eigenvalue weighted by molar-refractivity contribution is 9.10. The van der Waals surface area contributed by atoms with E-state index in [0.717, 1.165) is 23.1 Å². The van der Waals surface area contributed by atoms with Gasteiger partial charge in [-0.1, -0.05) is 6.92 Å². The molecule has 0 bridgehead atoms. The van der Waals surface area contributed by atoms with E-state index in [4.69, 9.17) is 4.42 Å². The van der Waals surface area contributed by atoms with Gasteiger partial charge in [-0.25, -0.2) is 0 Å². The second-order valence-electron chi connectivity index (χ2n) is 3.65. The topological polar surface area (TPSA) is 51.2 Å². The number of hydrogen-bond donors (Lipinski definition) is 1. The van der Waals surface area contributed by atoms with Crippen LogP contribution in [0.5, 0.6) is 0 Å². The molecule has 0 spiro atoms. The van der Waals surface area contributed by atoms with Crippen molar-refractivity contribution in [1.29, 1.82) is 0 Å². The van der Waals surface area contributed by atoms with Crippen LogP contribution in [0.25, 0.3) is 0 Å². The first-order valence-corrected chi connectivity index (χ1v) is 6.86. The summed E-state index contributed by atoms with van der Waals surface area (Å²) < 4.78 is 8.28. The van der Waals surface area contributed by atoms with Crippen LogP contribution in [0, 0.1) is 0 Å². The van der Waals surface area contributed by atoms with Gasteiger partial charge in [-0.3, -0.25) is 4.68 Å². The Bertz CT molecular complexity index is 507. The average Bonchev–Trinajstić information content (AvgIpc) is 2.86. The van der Waals surface area contributed by atoms with Crippen molar-refractivity contribution in [1.82, 2.24) is 9.78 Å². The summed E-state index contributed by atoms with van der Waals surface area (Å²) in [4.78, 5) is 0. The van der Waals surface area contributed by atoms with Crippen molar-refractivity contribution in [3.8, 4) is 0 Å². The summed E-state index contributed by atoms with van der Waals surface area (Å²) in [6.07, 6.45) is 3.44. The molecule has 4 nitrogen and oxygen atoms in total. The van der Waals surface area contributed by atoms with Gasteiger partial charge in [0.25, 0.3) is 0 Å². The lowest BCUT2D eigenvalue weighted by atomic mass is 10.1. The van der Waals surface area contributed by atoms with Crippen molar-refractivity contribution >= 4 is 31.9 Å². The predicted octanol–water partition coefficient (Wildman–Crippen LogP) is 3.49. The summed E-state index contributed by atoms with van der Waals surface area (Å²) in [5.41, 5.74) is 1.44. The smallest absolute Gasteiger partial charge is 0.175 e. The van der Waals surface area contributed by atoms with Crippen molar-refractivity contribution < 1.29 is 9.52 Å². The summed E-state index contributed by atoms with van der Waals surface area (Å²) in [5, 5.41) is 14.6. The molecule has 17 heavy (non-hydrogen) atoms. The van der Waals surface area contributed by atoms with Crippen LogP contribution in [0.3, 0.4) is 0 Å². The highest BCUT2D eigenvalue weighted by Crippen LogP contribution is 2.33. The number of aliphatic hydroxyl groups excluding tert-OH is 1. The number of aryl methyl sites for hydroxylation is 1. The van der Waals surface area contributed by atoms with E-state index >= 15 is 0 Å². The number of hydrogen-bond acceptors (Lipinski definition) is 3. The summed E-state index contributed by atoms with van der Waals surface area (Å²) in [7, 11) is 0. The Balaban J connectivity index is 2.39. The minimum Gasteiger partial charge on any atom is -0.457 e. The first-order chi connectivity index (χ1) is 8.15. The summed E-state index contributed by atoms with van der Waals surface area (Å²) in [6.45, 7) is 2.84. The lowest BCUT2D eigenvalue weighted by molar-refractivity contribution is 0.204. The molecule has 0 saturated heterocycles. The lowest BCUT2D eigenvalue weighted by Gasteiger charge is -2.12. The standard InChI is InChI=1S/C11H12Br2N2O2/c1-2-4-15-9(8(12)6-14-15)10(16)7-3-5-17-11(7)13/h3,5-6,10,16H,2,4H2,1H3. The SMILES string of the molecule is CCCn1ncc(Br)c1C(O)c1ccoc1Br. The second kappa shape index (κ2) is 5.37. The Morgan fingerprint density at radius 1 is 1.53 bits per heavy atom. The molecule has 1 atom stereocenters. The van der Waals surface area contributed by atoms with Crippen LogP contribution in [-0.2, 0) is 6.54 Å². The highest BCUT2D eigenvalue weighted by Gasteiger charge is 2.22. The first-order valence-electron chi connectivity index (χ1n) is 5.27. The molecule has 0 amide bonds. The zero-order valence-corrected chi connectivity index (χ0v) is 12.4. The Hall–Kier alpha value is -0.590. The van der Waals surface area contributed by atoms with E-state index in [1.54, 1.807) is 16.9 Å². The number of aromatic nitrogens is 2. The second-order valence-corrected chi connectivity index (χ2v) is 5.23. The predicted molar refractivity (Wildman–Crippen MR) is 70.7 cm³/mol. The maximum absolute atomic E-state index is 10.4. The molecule has 0 aliphatic heterocycles. The van der Waals surface area contributed by atoms with E-state index in [0.29, 0.717) is 10.2 Å². The first kappa shape index (κ1) is 12.9. The molecular formula is C11H12Br2N2O2. The third kappa shape index (κ3) is 2.48. The summed E-state index contributed by atoms with van der Waals surface area (Å²) in [5.74, 6) is 0. The van der Waals surface area contributed by atoms with Crippen LogP contribution >= 0.6 is 31.9 Å². The van der Waals surface area contributed by atoms with E-state index in [1.165, 1.54) is 6.26 Å². The molecule has 0 aromatic carbocycles. The molecule has 2 rings (SSSR count). The van der Waals surface area contributed by atoms with E-state index < -0.39 is 6.10 Å². The Kier molecular flexibility index (Phi) is 4.06. The molecule has 0 aliphatic rings. The quantitative estimate of drug-likeness (QED) is 0.904. The third-order valence-corrected chi connectivity index (χ3v) is 3.72. The van der Waals surface area contributed by atoms with Gasteiger partial charge in [0, 0.05) is 12.1 Å². The third-order valence-electron chi connectivity index (χ3n) is 2.47. The zero-order chi connectivity index (χ0) is 12.4. The molecule has 1 unspecified atom stereocenters. The molecule has 92 valence electrons. The van der Waals surface area contributed by atoms with Crippen LogP contribution in [0.4, 0.5) is 0 Å². The van der Waals surface area contributed by atoms with Gasteiger partial charge in [-0.15, -0.1) is 0 Å². The molecular weight excluding hydrogens is 352 g/mol. The maximum atomic E-state index is 10.4. The van der Waals surface area contributed by atoms with Crippen molar-refractivity contribution in [2.24, 2.45) is 0 Å². The largest absolute Gasteiger partial charge is 0.457 e. The molecule has 0 fully saturated rings. The van der Waals surface area contributed by atoms with Crippen molar-refractivity contribution in [3.63, 3.8) is 0 Å². The number of furan rings is 1. The van der Waals surface area contributed by atoms with Crippen LogP contribution in [-0.4, -0.2) is 14.9 Å². The molecule has 2 aromatic heterocycles.